The molecule has 3 nitrogen and oxygen atoms in total. The molecule has 3 aromatic carbocycles. The molecule has 0 aliphatic heterocycles. The van der Waals surface area contributed by atoms with E-state index in [0.29, 0.717) is 0 Å². The van der Waals surface area contributed by atoms with Crippen molar-refractivity contribution in [2.45, 2.75) is 0 Å². The van der Waals surface area contributed by atoms with Crippen LogP contribution in [0.4, 0.5) is 0 Å². The third-order valence-electron chi connectivity index (χ3n) is 6.31. The smallest absolute Gasteiger partial charge is 0.146 e. The van der Waals surface area contributed by atoms with E-state index in [1.165, 1.54) is 45.7 Å². The van der Waals surface area contributed by atoms with Gasteiger partial charge in [-0.05, 0) is 30.3 Å². The molecule has 5 heteroatoms. The first-order chi connectivity index (χ1) is 15.4. The van der Waals surface area contributed by atoms with Gasteiger partial charge in [-0.1, -0.05) is 30.3 Å². The summed E-state index contributed by atoms with van der Waals surface area (Å²) in [4.78, 5) is 9.35. The van der Waals surface area contributed by atoms with E-state index < -0.39 is 0 Å². The van der Waals surface area contributed by atoms with Gasteiger partial charge >= 0.3 is 0 Å². The van der Waals surface area contributed by atoms with Gasteiger partial charge in [0.15, 0.2) is 0 Å². The Labute approximate surface area is 183 Å². The van der Waals surface area contributed by atoms with Gasteiger partial charge in [-0.2, -0.15) is 0 Å². The summed E-state index contributed by atoms with van der Waals surface area (Å²) in [5.74, 6) is 0. The van der Waals surface area contributed by atoms with Crippen molar-refractivity contribution in [3.8, 4) is 0 Å². The SMILES string of the molecule is c1ccc2c(c1)sc1c2ccc2c3cc4c(cc3sc21)c1ncccc1c1nccn41. The topological polar surface area (TPSA) is 30.2 Å². The lowest BCUT2D eigenvalue weighted by molar-refractivity contribution is 1.27. The monoisotopic (exact) mass is 431 g/mol. The highest BCUT2D eigenvalue weighted by Crippen LogP contribution is 2.45. The summed E-state index contributed by atoms with van der Waals surface area (Å²) < 4.78 is 7.62. The van der Waals surface area contributed by atoms with E-state index >= 15 is 0 Å². The number of pyridine rings is 2. The lowest BCUT2D eigenvalue weighted by Crippen LogP contribution is -1.91. The molecule has 0 unspecified atom stereocenters. The van der Waals surface area contributed by atoms with Crippen LogP contribution >= 0.6 is 22.7 Å². The highest BCUT2D eigenvalue weighted by Gasteiger charge is 2.16. The lowest BCUT2D eigenvalue weighted by Gasteiger charge is -2.07. The number of benzene rings is 3. The summed E-state index contributed by atoms with van der Waals surface area (Å²) >= 11 is 3.80. The van der Waals surface area contributed by atoms with Crippen LogP contribution in [0.2, 0.25) is 0 Å². The molecule has 5 aromatic heterocycles. The van der Waals surface area contributed by atoms with Gasteiger partial charge in [-0.15, -0.1) is 22.7 Å². The third-order valence-corrected chi connectivity index (χ3v) is 8.82. The Bertz CT molecular complexity index is 2010. The summed E-state index contributed by atoms with van der Waals surface area (Å²) in [5, 5.41) is 7.60. The van der Waals surface area contributed by atoms with Gasteiger partial charge in [-0.3, -0.25) is 9.38 Å². The number of thiophene rings is 2. The summed E-state index contributed by atoms with van der Waals surface area (Å²) in [6.07, 6.45) is 5.80. The van der Waals surface area contributed by atoms with Crippen molar-refractivity contribution in [3.05, 3.63) is 79.3 Å². The zero-order chi connectivity index (χ0) is 20.1. The Balaban J connectivity index is 1.61. The minimum absolute atomic E-state index is 0.960. The van der Waals surface area contributed by atoms with E-state index in [2.05, 4.69) is 70.2 Å². The molecular weight excluding hydrogens is 418 g/mol. The summed E-state index contributed by atoms with van der Waals surface area (Å²) in [6, 6.07) is 22.0. The third kappa shape index (κ3) is 1.98. The summed E-state index contributed by atoms with van der Waals surface area (Å²) in [5.41, 5.74) is 3.13. The number of nitrogens with zero attached hydrogens (tertiary/aromatic N) is 3. The first-order valence-corrected chi connectivity index (χ1v) is 11.8. The molecule has 0 aliphatic carbocycles. The molecule has 0 amide bonds. The molecule has 0 radical (unpaired) electrons. The molecular formula is C26H13N3S2. The average molecular weight is 432 g/mol. The van der Waals surface area contributed by atoms with Gasteiger partial charge in [0.1, 0.15) is 5.65 Å². The highest BCUT2D eigenvalue weighted by molar-refractivity contribution is 7.33. The van der Waals surface area contributed by atoms with Crippen LogP contribution in [0.5, 0.6) is 0 Å². The van der Waals surface area contributed by atoms with E-state index in [0.717, 1.165) is 22.1 Å². The number of rotatable bonds is 0. The first kappa shape index (κ1) is 16.2. The van der Waals surface area contributed by atoms with Crippen molar-refractivity contribution in [2.75, 3.05) is 0 Å². The van der Waals surface area contributed by atoms with Crippen molar-refractivity contribution in [1.82, 2.24) is 14.4 Å². The molecule has 0 saturated carbocycles. The Kier molecular flexibility index (Phi) is 2.91. The van der Waals surface area contributed by atoms with Crippen molar-refractivity contribution in [1.29, 1.82) is 0 Å². The molecule has 0 N–H and O–H groups in total. The Hall–Kier alpha value is -3.54. The van der Waals surface area contributed by atoms with Crippen LogP contribution in [0.25, 0.3) is 67.8 Å². The van der Waals surface area contributed by atoms with Crippen molar-refractivity contribution >= 4 is 90.5 Å². The van der Waals surface area contributed by atoms with Gasteiger partial charge in [0.25, 0.3) is 0 Å². The van der Waals surface area contributed by atoms with Gasteiger partial charge in [0.05, 0.1) is 20.4 Å². The Morgan fingerprint density at radius 2 is 1.42 bits per heavy atom. The molecule has 8 rings (SSSR count). The maximum atomic E-state index is 4.73. The van der Waals surface area contributed by atoms with Crippen molar-refractivity contribution in [2.24, 2.45) is 0 Å². The largest absolute Gasteiger partial charge is 0.299 e. The zero-order valence-corrected chi connectivity index (χ0v) is 17.8. The molecule has 0 spiro atoms. The van der Waals surface area contributed by atoms with E-state index in [1.54, 1.807) is 0 Å². The average Bonchev–Trinajstić information content (AvgIpc) is 3.53. The normalized spacial score (nSPS) is 12.5. The number of imidazole rings is 1. The van der Waals surface area contributed by atoms with Crippen LogP contribution < -0.4 is 0 Å². The van der Waals surface area contributed by atoms with Crippen LogP contribution in [0.3, 0.4) is 0 Å². The Morgan fingerprint density at radius 1 is 0.613 bits per heavy atom. The number of hydrogen-bond acceptors (Lipinski definition) is 4. The van der Waals surface area contributed by atoms with E-state index in [9.17, 15) is 0 Å². The van der Waals surface area contributed by atoms with Gasteiger partial charge in [0, 0.05) is 60.3 Å². The molecule has 0 bridgehead atoms. The quantitative estimate of drug-likeness (QED) is 0.230. The van der Waals surface area contributed by atoms with E-state index in [4.69, 9.17) is 4.98 Å². The maximum absolute atomic E-state index is 4.73. The predicted molar refractivity (Wildman–Crippen MR) is 134 cm³/mol. The fraction of sp³-hybridized carbons (Fsp3) is 0. The van der Waals surface area contributed by atoms with Gasteiger partial charge in [-0.25, -0.2) is 4.98 Å². The minimum atomic E-state index is 0.960. The molecule has 0 aliphatic rings. The molecule has 31 heavy (non-hydrogen) atoms. The van der Waals surface area contributed by atoms with E-state index in [1.807, 2.05) is 41.1 Å². The fourth-order valence-corrected chi connectivity index (χ4v) is 7.50. The summed E-state index contributed by atoms with van der Waals surface area (Å²) in [6.45, 7) is 0. The number of fused-ring (bicyclic) bond motifs is 13. The standard InChI is InChI=1S/C26H13N3S2/c1-2-6-21-14(4-1)15-7-8-16-18-12-20-19(13-22(18)31-25(16)24(15)30-21)23-17(5-3-9-27-23)26-28-10-11-29(20)26/h1-13H. The Morgan fingerprint density at radius 3 is 2.35 bits per heavy atom. The first-order valence-electron chi connectivity index (χ1n) is 10.2. The summed E-state index contributed by atoms with van der Waals surface area (Å²) in [7, 11) is 0. The fourth-order valence-electron chi connectivity index (χ4n) is 4.94. The highest BCUT2D eigenvalue weighted by atomic mass is 32.1. The van der Waals surface area contributed by atoms with E-state index in [-0.39, 0.29) is 0 Å². The lowest BCUT2D eigenvalue weighted by atomic mass is 10.1. The van der Waals surface area contributed by atoms with Crippen LogP contribution in [0.1, 0.15) is 0 Å². The molecule has 5 heterocycles. The van der Waals surface area contributed by atoms with Crippen molar-refractivity contribution in [3.63, 3.8) is 0 Å². The molecule has 0 saturated heterocycles. The van der Waals surface area contributed by atoms with Gasteiger partial charge < -0.3 is 0 Å². The number of hydrogen-bond donors (Lipinski definition) is 0. The predicted octanol–water partition coefficient (Wildman–Crippen LogP) is 7.77. The minimum Gasteiger partial charge on any atom is -0.299 e. The van der Waals surface area contributed by atoms with Crippen LogP contribution in [0, 0.1) is 0 Å². The second-order valence-corrected chi connectivity index (χ2v) is 10.0. The maximum Gasteiger partial charge on any atom is 0.146 e. The van der Waals surface area contributed by atoms with Gasteiger partial charge in [0.2, 0.25) is 0 Å². The molecule has 144 valence electrons. The molecule has 0 fully saturated rings. The van der Waals surface area contributed by atoms with Crippen LogP contribution in [0.15, 0.2) is 79.3 Å². The van der Waals surface area contributed by atoms with Crippen molar-refractivity contribution < 1.29 is 0 Å². The second kappa shape index (κ2) is 5.58. The molecule has 8 aromatic rings. The van der Waals surface area contributed by atoms with Crippen LogP contribution in [-0.4, -0.2) is 14.4 Å². The van der Waals surface area contributed by atoms with Crippen LogP contribution in [-0.2, 0) is 0 Å². The second-order valence-electron chi connectivity index (χ2n) is 7.91. The molecule has 0 atom stereocenters. The number of aromatic nitrogens is 3. The zero-order valence-electron chi connectivity index (χ0n) is 16.2.